The summed E-state index contributed by atoms with van der Waals surface area (Å²) in [4.78, 5) is 1.36. The van der Waals surface area contributed by atoms with Crippen molar-refractivity contribution in [3.8, 4) is 0 Å². The van der Waals surface area contributed by atoms with Crippen molar-refractivity contribution in [2.45, 2.75) is 19.4 Å². The predicted octanol–water partition coefficient (Wildman–Crippen LogP) is 4.95. The van der Waals surface area contributed by atoms with E-state index < -0.39 is 0 Å². The fourth-order valence-corrected chi connectivity index (χ4v) is 3.26. The first-order chi connectivity index (χ1) is 8.69. The van der Waals surface area contributed by atoms with Gasteiger partial charge in [0.05, 0.1) is 0 Å². The van der Waals surface area contributed by atoms with Gasteiger partial charge in [0.15, 0.2) is 0 Å². The van der Waals surface area contributed by atoms with Crippen LogP contribution in [0.2, 0.25) is 10.0 Å². The van der Waals surface area contributed by atoms with Gasteiger partial charge in [0, 0.05) is 27.4 Å². The van der Waals surface area contributed by atoms with Crippen LogP contribution in [-0.2, 0) is 6.42 Å². The molecule has 1 aromatic carbocycles. The summed E-state index contributed by atoms with van der Waals surface area (Å²) >= 11 is 13.9. The molecule has 1 heterocycles. The summed E-state index contributed by atoms with van der Waals surface area (Å²) in [5, 5.41) is 6.95. The third kappa shape index (κ3) is 3.72. The Morgan fingerprint density at radius 2 is 1.94 bits per heavy atom. The number of thiophene rings is 1. The largest absolute Gasteiger partial charge is 0.310 e. The molecule has 0 fully saturated rings. The molecular formula is C14H15Cl2NS. The minimum Gasteiger partial charge on any atom is -0.310 e. The molecule has 0 saturated carbocycles. The second-order valence-electron chi connectivity index (χ2n) is 4.10. The average Bonchev–Trinajstić information content (AvgIpc) is 2.80. The molecule has 0 radical (unpaired) electrons. The molecule has 1 N–H and O–H groups in total. The van der Waals surface area contributed by atoms with Crippen molar-refractivity contribution in [3.63, 3.8) is 0 Å². The predicted molar refractivity (Wildman–Crippen MR) is 80.9 cm³/mol. The van der Waals surface area contributed by atoms with Gasteiger partial charge in [0.2, 0.25) is 0 Å². The van der Waals surface area contributed by atoms with Crippen LogP contribution in [0.5, 0.6) is 0 Å². The Morgan fingerprint density at radius 1 is 1.22 bits per heavy atom. The first kappa shape index (κ1) is 13.9. The molecule has 0 saturated heterocycles. The smallest absolute Gasteiger partial charge is 0.0424 e. The van der Waals surface area contributed by atoms with Crippen LogP contribution in [0.1, 0.15) is 23.4 Å². The molecule has 0 amide bonds. The van der Waals surface area contributed by atoms with Crippen LogP contribution in [0, 0.1) is 0 Å². The number of hydrogen-bond acceptors (Lipinski definition) is 2. The van der Waals surface area contributed by atoms with Crippen LogP contribution >= 0.6 is 34.5 Å². The van der Waals surface area contributed by atoms with Gasteiger partial charge in [0.25, 0.3) is 0 Å². The van der Waals surface area contributed by atoms with Crippen LogP contribution in [-0.4, -0.2) is 6.54 Å². The number of benzene rings is 1. The topological polar surface area (TPSA) is 12.0 Å². The summed E-state index contributed by atoms with van der Waals surface area (Å²) in [5.41, 5.74) is 1.14. The van der Waals surface area contributed by atoms with Crippen LogP contribution in [0.3, 0.4) is 0 Å². The normalized spacial score (nSPS) is 12.6. The van der Waals surface area contributed by atoms with Gasteiger partial charge < -0.3 is 5.32 Å². The van der Waals surface area contributed by atoms with E-state index in [-0.39, 0.29) is 6.04 Å². The fourth-order valence-electron chi connectivity index (χ4n) is 1.96. The van der Waals surface area contributed by atoms with E-state index >= 15 is 0 Å². The molecule has 2 aromatic rings. The first-order valence-corrected chi connectivity index (χ1v) is 7.54. The van der Waals surface area contributed by atoms with E-state index in [1.807, 2.05) is 12.1 Å². The fraction of sp³-hybridized carbons (Fsp3) is 0.286. The lowest BCUT2D eigenvalue weighted by Gasteiger charge is -2.18. The quantitative estimate of drug-likeness (QED) is 0.824. The van der Waals surface area contributed by atoms with E-state index in [0.29, 0.717) is 10.0 Å². The Bertz CT molecular complexity index is 476. The molecule has 18 heavy (non-hydrogen) atoms. The second kappa shape index (κ2) is 6.58. The van der Waals surface area contributed by atoms with Crippen molar-refractivity contribution in [2.75, 3.05) is 6.54 Å². The van der Waals surface area contributed by atoms with Crippen LogP contribution in [0.15, 0.2) is 35.7 Å². The average molecular weight is 300 g/mol. The van der Waals surface area contributed by atoms with Crippen molar-refractivity contribution in [2.24, 2.45) is 0 Å². The highest BCUT2D eigenvalue weighted by Crippen LogP contribution is 2.26. The maximum Gasteiger partial charge on any atom is 0.0424 e. The molecule has 4 heteroatoms. The van der Waals surface area contributed by atoms with Gasteiger partial charge in [-0.05, 0) is 41.8 Å². The molecule has 0 aliphatic rings. The second-order valence-corrected chi connectivity index (χ2v) is 6.00. The van der Waals surface area contributed by atoms with E-state index in [9.17, 15) is 0 Å². The lowest BCUT2D eigenvalue weighted by molar-refractivity contribution is 0.553. The summed E-state index contributed by atoms with van der Waals surface area (Å²) in [7, 11) is 0. The van der Waals surface area contributed by atoms with Crippen molar-refractivity contribution in [3.05, 3.63) is 56.2 Å². The van der Waals surface area contributed by atoms with Crippen molar-refractivity contribution < 1.29 is 0 Å². The molecule has 1 unspecified atom stereocenters. The summed E-state index contributed by atoms with van der Waals surface area (Å²) in [6, 6.07) is 10.2. The maximum atomic E-state index is 6.07. The van der Waals surface area contributed by atoms with E-state index in [0.717, 1.165) is 18.5 Å². The van der Waals surface area contributed by atoms with E-state index in [2.05, 4.69) is 29.8 Å². The summed E-state index contributed by atoms with van der Waals surface area (Å²) in [6.45, 7) is 3.02. The van der Waals surface area contributed by atoms with Crippen molar-refractivity contribution >= 4 is 34.5 Å². The Labute approximate surface area is 122 Å². The standard InChI is InChI=1S/C14H15Cl2NS/c1-2-17-14(9-13-4-3-5-18-13)10-6-11(15)8-12(16)7-10/h3-8,14,17H,2,9H2,1H3. The highest BCUT2D eigenvalue weighted by atomic mass is 35.5. The molecule has 0 aliphatic heterocycles. The van der Waals surface area contributed by atoms with Crippen LogP contribution in [0.4, 0.5) is 0 Å². The number of rotatable bonds is 5. The number of likely N-dealkylation sites (N-methyl/N-ethyl adjacent to an activating group) is 1. The highest BCUT2D eigenvalue weighted by Gasteiger charge is 2.13. The molecule has 1 aromatic heterocycles. The first-order valence-electron chi connectivity index (χ1n) is 5.90. The number of nitrogens with one attached hydrogen (secondary N) is 1. The van der Waals surface area contributed by atoms with E-state index in [1.54, 1.807) is 17.4 Å². The van der Waals surface area contributed by atoms with Gasteiger partial charge in [-0.15, -0.1) is 11.3 Å². The van der Waals surface area contributed by atoms with Gasteiger partial charge in [-0.1, -0.05) is 36.2 Å². The zero-order valence-electron chi connectivity index (χ0n) is 10.1. The van der Waals surface area contributed by atoms with Crippen LogP contribution < -0.4 is 5.32 Å². The molecule has 0 aliphatic carbocycles. The van der Waals surface area contributed by atoms with Crippen molar-refractivity contribution in [1.29, 1.82) is 0 Å². The third-order valence-electron chi connectivity index (χ3n) is 2.72. The minimum atomic E-state index is 0.254. The highest BCUT2D eigenvalue weighted by molar-refractivity contribution is 7.09. The summed E-state index contributed by atoms with van der Waals surface area (Å²) in [6.07, 6.45) is 0.960. The molecule has 0 spiro atoms. The molecule has 2 rings (SSSR count). The molecule has 0 bridgehead atoms. The molecule has 1 atom stereocenters. The Morgan fingerprint density at radius 3 is 2.50 bits per heavy atom. The zero-order valence-corrected chi connectivity index (χ0v) is 12.4. The lowest BCUT2D eigenvalue weighted by Crippen LogP contribution is -2.22. The maximum absolute atomic E-state index is 6.07. The van der Waals surface area contributed by atoms with Gasteiger partial charge in [-0.25, -0.2) is 0 Å². The third-order valence-corrected chi connectivity index (χ3v) is 4.06. The van der Waals surface area contributed by atoms with Crippen molar-refractivity contribution in [1.82, 2.24) is 5.32 Å². The minimum absolute atomic E-state index is 0.254. The van der Waals surface area contributed by atoms with Crippen LogP contribution in [0.25, 0.3) is 0 Å². The van der Waals surface area contributed by atoms with Gasteiger partial charge in [-0.2, -0.15) is 0 Å². The lowest BCUT2D eigenvalue weighted by atomic mass is 10.0. The molecule has 1 nitrogen and oxygen atoms in total. The van der Waals surface area contributed by atoms with Gasteiger partial charge in [-0.3, -0.25) is 0 Å². The van der Waals surface area contributed by atoms with E-state index in [4.69, 9.17) is 23.2 Å². The Hall–Kier alpha value is -0.540. The Kier molecular flexibility index (Phi) is 5.07. The zero-order chi connectivity index (χ0) is 13.0. The molecular weight excluding hydrogens is 285 g/mol. The van der Waals surface area contributed by atoms with Gasteiger partial charge in [0.1, 0.15) is 0 Å². The van der Waals surface area contributed by atoms with Gasteiger partial charge >= 0.3 is 0 Å². The van der Waals surface area contributed by atoms with E-state index in [1.165, 1.54) is 4.88 Å². The number of halogens is 2. The monoisotopic (exact) mass is 299 g/mol. The molecule has 96 valence electrons. The summed E-state index contributed by atoms with van der Waals surface area (Å²) < 4.78 is 0. The SMILES string of the molecule is CCNC(Cc1cccs1)c1cc(Cl)cc(Cl)c1. The summed E-state index contributed by atoms with van der Waals surface area (Å²) in [5.74, 6) is 0. The number of hydrogen-bond donors (Lipinski definition) is 1. The Balaban J connectivity index is 2.23.